The second-order valence-corrected chi connectivity index (χ2v) is 5.43. The molecule has 0 saturated heterocycles. The molecule has 0 radical (unpaired) electrons. The summed E-state index contributed by atoms with van der Waals surface area (Å²) in [7, 11) is 0. The molecule has 2 aromatic carbocycles. The smallest absolute Gasteiger partial charge is 0.0240 e. The molecule has 104 valence electrons. The van der Waals surface area contributed by atoms with Crippen molar-refractivity contribution < 1.29 is 0 Å². The van der Waals surface area contributed by atoms with Gasteiger partial charge in [-0.05, 0) is 25.0 Å². The van der Waals surface area contributed by atoms with E-state index in [0.717, 1.165) is 12.1 Å². The van der Waals surface area contributed by atoms with Gasteiger partial charge in [0, 0.05) is 18.5 Å². The van der Waals surface area contributed by atoms with Gasteiger partial charge in [0.15, 0.2) is 0 Å². The van der Waals surface area contributed by atoms with Crippen molar-refractivity contribution in [3.05, 3.63) is 83.9 Å². The molecule has 0 aliphatic carbocycles. The Hall–Kier alpha value is -1.86. The number of hydrogen-bond donors (Lipinski definition) is 1. The fourth-order valence-corrected chi connectivity index (χ4v) is 2.54. The summed E-state index contributed by atoms with van der Waals surface area (Å²) in [6.45, 7) is 9.13. The third-order valence-corrected chi connectivity index (χ3v) is 3.54. The number of rotatable bonds is 6. The summed E-state index contributed by atoms with van der Waals surface area (Å²) < 4.78 is 0. The summed E-state index contributed by atoms with van der Waals surface area (Å²) in [5.74, 6) is 0.358. The van der Waals surface area contributed by atoms with Crippen LogP contribution in [0.15, 0.2) is 72.8 Å². The van der Waals surface area contributed by atoms with E-state index >= 15 is 0 Å². The van der Waals surface area contributed by atoms with E-state index in [0.29, 0.717) is 12.0 Å². The molecule has 0 bridgehead atoms. The van der Waals surface area contributed by atoms with Gasteiger partial charge in [0.1, 0.15) is 0 Å². The first-order valence-electron chi connectivity index (χ1n) is 7.16. The molecule has 2 aromatic rings. The van der Waals surface area contributed by atoms with E-state index in [4.69, 9.17) is 0 Å². The zero-order valence-corrected chi connectivity index (χ0v) is 12.3. The summed E-state index contributed by atoms with van der Waals surface area (Å²) in [4.78, 5) is 0. The first-order chi connectivity index (χ1) is 9.68. The van der Waals surface area contributed by atoms with E-state index in [-0.39, 0.29) is 0 Å². The summed E-state index contributed by atoms with van der Waals surface area (Å²) in [6, 6.07) is 21.7. The van der Waals surface area contributed by atoms with Gasteiger partial charge in [0.25, 0.3) is 0 Å². The van der Waals surface area contributed by atoms with Crippen LogP contribution in [0.3, 0.4) is 0 Å². The summed E-state index contributed by atoms with van der Waals surface area (Å²) in [5, 5.41) is 3.58. The molecule has 0 saturated carbocycles. The quantitative estimate of drug-likeness (QED) is 0.765. The van der Waals surface area contributed by atoms with Gasteiger partial charge < -0.3 is 5.32 Å². The van der Waals surface area contributed by atoms with Gasteiger partial charge in [-0.1, -0.05) is 72.8 Å². The van der Waals surface area contributed by atoms with Crippen LogP contribution in [0.1, 0.15) is 30.9 Å². The van der Waals surface area contributed by atoms with Crippen molar-refractivity contribution in [1.82, 2.24) is 5.32 Å². The van der Waals surface area contributed by atoms with Gasteiger partial charge in [-0.15, -0.1) is 0 Å². The largest absolute Gasteiger partial charge is 0.310 e. The Bertz CT molecular complexity index is 491. The average Bonchev–Trinajstić information content (AvgIpc) is 2.48. The highest BCUT2D eigenvalue weighted by atomic mass is 14.9. The maximum Gasteiger partial charge on any atom is 0.0240 e. The van der Waals surface area contributed by atoms with Crippen LogP contribution < -0.4 is 5.32 Å². The molecule has 1 atom stereocenters. The molecular weight excluding hydrogens is 242 g/mol. The number of benzene rings is 2. The Balaban J connectivity index is 2.27. The lowest BCUT2D eigenvalue weighted by atomic mass is 9.86. The minimum Gasteiger partial charge on any atom is -0.310 e. The zero-order valence-electron chi connectivity index (χ0n) is 12.3. The molecule has 1 heteroatoms. The first kappa shape index (κ1) is 14.5. The second-order valence-electron chi connectivity index (χ2n) is 5.43. The van der Waals surface area contributed by atoms with Crippen molar-refractivity contribution in [2.24, 2.45) is 0 Å². The van der Waals surface area contributed by atoms with Gasteiger partial charge in [-0.2, -0.15) is 0 Å². The highest BCUT2D eigenvalue weighted by molar-refractivity contribution is 5.34. The standard InChI is InChI=1S/C19H23N/c1-15(2)14-20-16(3)19(17-10-6-4-7-11-17)18-12-8-5-9-13-18/h4-13,16,19-20H,1,14H2,2-3H3. The molecular formula is C19H23N. The highest BCUT2D eigenvalue weighted by Gasteiger charge is 2.20. The van der Waals surface area contributed by atoms with Crippen LogP contribution >= 0.6 is 0 Å². The fourth-order valence-electron chi connectivity index (χ4n) is 2.54. The first-order valence-corrected chi connectivity index (χ1v) is 7.16. The monoisotopic (exact) mass is 265 g/mol. The molecule has 1 nitrogen and oxygen atoms in total. The Morgan fingerprint density at radius 2 is 1.40 bits per heavy atom. The van der Waals surface area contributed by atoms with E-state index in [9.17, 15) is 0 Å². The van der Waals surface area contributed by atoms with Gasteiger partial charge in [0.2, 0.25) is 0 Å². The van der Waals surface area contributed by atoms with E-state index in [1.54, 1.807) is 0 Å². The number of hydrogen-bond acceptors (Lipinski definition) is 1. The van der Waals surface area contributed by atoms with Crippen LogP contribution in [-0.2, 0) is 0 Å². The van der Waals surface area contributed by atoms with Gasteiger partial charge in [-0.25, -0.2) is 0 Å². The fraction of sp³-hybridized carbons (Fsp3) is 0.263. The maximum atomic E-state index is 3.97. The van der Waals surface area contributed by atoms with Crippen molar-refractivity contribution in [2.45, 2.75) is 25.8 Å². The molecule has 0 aliphatic rings. The van der Waals surface area contributed by atoms with Crippen LogP contribution in [0, 0.1) is 0 Å². The molecule has 0 aromatic heterocycles. The predicted octanol–water partition coefficient (Wildman–Crippen LogP) is 4.37. The normalized spacial score (nSPS) is 12.3. The Morgan fingerprint density at radius 3 is 1.80 bits per heavy atom. The van der Waals surface area contributed by atoms with Crippen molar-refractivity contribution in [3.63, 3.8) is 0 Å². The van der Waals surface area contributed by atoms with Crippen LogP contribution in [0.4, 0.5) is 0 Å². The van der Waals surface area contributed by atoms with Gasteiger partial charge in [-0.3, -0.25) is 0 Å². The van der Waals surface area contributed by atoms with Gasteiger partial charge in [0.05, 0.1) is 0 Å². The molecule has 1 unspecified atom stereocenters. The van der Waals surface area contributed by atoms with Crippen molar-refractivity contribution in [2.75, 3.05) is 6.54 Å². The molecule has 2 rings (SSSR count). The lowest BCUT2D eigenvalue weighted by molar-refractivity contribution is 0.520. The molecule has 0 heterocycles. The van der Waals surface area contributed by atoms with Gasteiger partial charge >= 0.3 is 0 Å². The molecule has 1 N–H and O–H groups in total. The SMILES string of the molecule is C=C(C)CNC(C)C(c1ccccc1)c1ccccc1. The third kappa shape index (κ3) is 3.82. The van der Waals surface area contributed by atoms with Crippen molar-refractivity contribution >= 4 is 0 Å². The molecule has 0 fully saturated rings. The molecule has 0 aliphatic heterocycles. The Kier molecular flexibility index (Phi) is 5.14. The van der Waals surface area contributed by atoms with E-state index in [1.807, 2.05) is 0 Å². The van der Waals surface area contributed by atoms with E-state index in [2.05, 4.69) is 86.4 Å². The van der Waals surface area contributed by atoms with Crippen molar-refractivity contribution in [1.29, 1.82) is 0 Å². The van der Waals surface area contributed by atoms with E-state index < -0.39 is 0 Å². The maximum absolute atomic E-state index is 3.97. The topological polar surface area (TPSA) is 12.0 Å². The summed E-state index contributed by atoms with van der Waals surface area (Å²) in [6.07, 6.45) is 0. The lowest BCUT2D eigenvalue weighted by Gasteiger charge is -2.26. The number of nitrogens with one attached hydrogen (secondary N) is 1. The zero-order chi connectivity index (χ0) is 14.4. The average molecular weight is 265 g/mol. The molecule has 0 spiro atoms. The predicted molar refractivity (Wildman–Crippen MR) is 87.0 cm³/mol. The summed E-state index contributed by atoms with van der Waals surface area (Å²) in [5.41, 5.74) is 3.86. The van der Waals surface area contributed by atoms with Crippen LogP contribution in [0.25, 0.3) is 0 Å². The van der Waals surface area contributed by atoms with Crippen LogP contribution in [-0.4, -0.2) is 12.6 Å². The Morgan fingerprint density at radius 1 is 0.950 bits per heavy atom. The molecule has 0 amide bonds. The summed E-state index contributed by atoms with van der Waals surface area (Å²) >= 11 is 0. The Labute approximate surface area is 122 Å². The van der Waals surface area contributed by atoms with Crippen LogP contribution in [0.5, 0.6) is 0 Å². The minimum absolute atomic E-state index is 0.358. The minimum atomic E-state index is 0.358. The highest BCUT2D eigenvalue weighted by Crippen LogP contribution is 2.27. The van der Waals surface area contributed by atoms with Crippen molar-refractivity contribution in [3.8, 4) is 0 Å². The molecule has 20 heavy (non-hydrogen) atoms. The second kappa shape index (κ2) is 7.06. The third-order valence-electron chi connectivity index (χ3n) is 3.54. The lowest BCUT2D eigenvalue weighted by Crippen LogP contribution is -2.33. The van der Waals surface area contributed by atoms with E-state index in [1.165, 1.54) is 11.1 Å². The van der Waals surface area contributed by atoms with Crippen LogP contribution in [0.2, 0.25) is 0 Å².